The molecule has 9 heteroatoms. The summed E-state index contributed by atoms with van der Waals surface area (Å²) in [6, 6.07) is 7.50. The molecule has 0 radical (unpaired) electrons. The molecule has 1 aromatic carbocycles. The molecular formula is C18H18ClF4N3O. The van der Waals surface area contributed by atoms with Gasteiger partial charge in [-0.15, -0.1) is 12.4 Å². The van der Waals surface area contributed by atoms with Crippen molar-refractivity contribution >= 4 is 18.3 Å². The number of hydrogen-bond acceptors (Lipinski definition) is 3. The number of aromatic nitrogens is 1. The second-order valence-electron chi connectivity index (χ2n) is 6.10. The van der Waals surface area contributed by atoms with E-state index in [9.17, 15) is 22.4 Å². The van der Waals surface area contributed by atoms with E-state index >= 15 is 0 Å². The topological polar surface area (TPSA) is 45.2 Å². The molecule has 1 aliphatic rings. The number of carbonyl (C=O) groups excluding carboxylic acids is 1. The van der Waals surface area contributed by atoms with E-state index in [0.29, 0.717) is 25.2 Å². The third-order valence-electron chi connectivity index (χ3n) is 4.34. The maximum absolute atomic E-state index is 13.6. The number of alkyl halides is 3. The summed E-state index contributed by atoms with van der Waals surface area (Å²) in [5.74, 6) is -0.827. The molecule has 1 aromatic heterocycles. The number of rotatable bonds is 2. The molecule has 1 amide bonds. The zero-order valence-corrected chi connectivity index (χ0v) is 15.2. The Morgan fingerprint density at radius 1 is 1.26 bits per heavy atom. The van der Waals surface area contributed by atoms with Gasteiger partial charge in [-0.3, -0.25) is 4.79 Å². The summed E-state index contributed by atoms with van der Waals surface area (Å²) in [6.07, 6.45) is -4.56. The van der Waals surface area contributed by atoms with Crippen LogP contribution in [0.25, 0.3) is 0 Å². The molecule has 1 N–H and O–H groups in total. The maximum Gasteiger partial charge on any atom is 0.433 e. The van der Waals surface area contributed by atoms with Crippen LogP contribution in [0.1, 0.15) is 33.4 Å². The molecule has 27 heavy (non-hydrogen) atoms. The number of amides is 1. The molecule has 2 heterocycles. The highest BCUT2D eigenvalue weighted by Crippen LogP contribution is 2.30. The smallest absolute Gasteiger partial charge is 0.329 e. The average molecular weight is 404 g/mol. The minimum absolute atomic E-state index is 0. The minimum atomic E-state index is -4.56. The van der Waals surface area contributed by atoms with Crippen LogP contribution in [-0.2, 0) is 6.18 Å². The van der Waals surface area contributed by atoms with Gasteiger partial charge in [-0.25, -0.2) is 9.37 Å². The molecule has 0 spiro atoms. The first-order valence-corrected chi connectivity index (χ1v) is 8.09. The van der Waals surface area contributed by atoms with Crippen LogP contribution in [0.5, 0.6) is 0 Å². The molecule has 3 rings (SSSR count). The van der Waals surface area contributed by atoms with Gasteiger partial charge in [0.1, 0.15) is 11.5 Å². The standard InChI is InChI=1S/C18H17F4N3O.ClH/c1-11-14(5-6-16(24-11)18(20,21)22)17(26)25-8-7-23-10-15(25)12-3-2-4-13(19)9-12;/h2-6,9,15,23H,7-8,10H2,1H3;1H. The van der Waals surface area contributed by atoms with Gasteiger partial charge in [0.05, 0.1) is 17.3 Å². The van der Waals surface area contributed by atoms with Gasteiger partial charge in [0, 0.05) is 19.6 Å². The molecule has 4 nitrogen and oxygen atoms in total. The predicted molar refractivity (Wildman–Crippen MR) is 94.3 cm³/mol. The molecule has 1 aliphatic heterocycles. The van der Waals surface area contributed by atoms with E-state index in [4.69, 9.17) is 0 Å². The summed E-state index contributed by atoms with van der Waals surface area (Å²) >= 11 is 0. The fraction of sp³-hybridized carbons (Fsp3) is 0.333. The Kier molecular flexibility index (Phi) is 6.43. The Balaban J connectivity index is 0.00000261. The average Bonchev–Trinajstić information content (AvgIpc) is 2.60. The Bertz CT molecular complexity index is 828. The summed E-state index contributed by atoms with van der Waals surface area (Å²) in [5, 5.41) is 3.15. The van der Waals surface area contributed by atoms with Gasteiger partial charge in [-0.1, -0.05) is 12.1 Å². The number of halogens is 5. The van der Waals surface area contributed by atoms with Crippen LogP contribution in [0.2, 0.25) is 0 Å². The lowest BCUT2D eigenvalue weighted by Crippen LogP contribution is -2.48. The largest absolute Gasteiger partial charge is 0.433 e. The van der Waals surface area contributed by atoms with Crippen molar-refractivity contribution in [3.05, 3.63) is 64.7 Å². The first-order valence-electron chi connectivity index (χ1n) is 8.09. The van der Waals surface area contributed by atoms with E-state index < -0.39 is 29.6 Å². The second-order valence-corrected chi connectivity index (χ2v) is 6.10. The molecule has 1 saturated heterocycles. The van der Waals surface area contributed by atoms with Crippen molar-refractivity contribution < 1.29 is 22.4 Å². The van der Waals surface area contributed by atoms with Gasteiger partial charge in [-0.05, 0) is 36.8 Å². The number of nitrogens with one attached hydrogen (secondary N) is 1. The van der Waals surface area contributed by atoms with Crippen molar-refractivity contribution in [3.63, 3.8) is 0 Å². The van der Waals surface area contributed by atoms with Gasteiger partial charge in [0.15, 0.2) is 0 Å². The summed E-state index contributed by atoms with van der Waals surface area (Å²) < 4.78 is 51.9. The molecule has 1 fully saturated rings. The first-order chi connectivity index (χ1) is 12.3. The lowest BCUT2D eigenvalue weighted by atomic mass is 10.0. The number of nitrogens with zero attached hydrogens (tertiary/aromatic N) is 2. The van der Waals surface area contributed by atoms with Crippen LogP contribution < -0.4 is 5.32 Å². The van der Waals surface area contributed by atoms with Gasteiger partial charge in [0.25, 0.3) is 5.91 Å². The van der Waals surface area contributed by atoms with Gasteiger partial charge >= 0.3 is 6.18 Å². The van der Waals surface area contributed by atoms with E-state index in [2.05, 4.69) is 10.3 Å². The third kappa shape index (κ3) is 4.56. The molecule has 0 bridgehead atoms. The van der Waals surface area contributed by atoms with Crippen LogP contribution >= 0.6 is 12.4 Å². The van der Waals surface area contributed by atoms with Gasteiger partial charge in [-0.2, -0.15) is 13.2 Å². The third-order valence-corrected chi connectivity index (χ3v) is 4.34. The molecule has 0 aliphatic carbocycles. The minimum Gasteiger partial charge on any atom is -0.329 e. The Hall–Kier alpha value is -2.19. The normalized spacial score (nSPS) is 17.4. The summed E-state index contributed by atoms with van der Waals surface area (Å²) in [7, 11) is 0. The highest BCUT2D eigenvalue weighted by Gasteiger charge is 2.34. The fourth-order valence-electron chi connectivity index (χ4n) is 3.06. The summed E-state index contributed by atoms with van der Waals surface area (Å²) in [4.78, 5) is 18.0. The van der Waals surface area contributed by atoms with Crippen molar-refractivity contribution in [2.45, 2.75) is 19.1 Å². The van der Waals surface area contributed by atoms with Crippen LogP contribution in [0.3, 0.4) is 0 Å². The van der Waals surface area contributed by atoms with E-state index in [1.165, 1.54) is 19.1 Å². The predicted octanol–water partition coefficient (Wildman–Crippen LogP) is 3.76. The van der Waals surface area contributed by atoms with E-state index in [-0.39, 0.29) is 23.7 Å². The Labute approximate surface area is 160 Å². The number of carbonyl (C=O) groups is 1. The monoisotopic (exact) mass is 403 g/mol. The Morgan fingerprint density at radius 2 is 2.00 bits per heavy atom. The quantitative estimate of drug-likeness (QED) is 0.777. The lowest BCUT2D eigenvalue weighted by Gasteiger charge is -2.37. The second kappa shape index (κ2) is 8.22. The van der Waals surface area contributed by atoms with Crippen molar-refractivity contribution in [1.82, 2.24) is 15.2 Å². The lowest BCUT2D eigenvalue weighted by molar-refractivity contribution is -0.141. The number of hydrogen-bond donors (Lipinski definition) is 1. The SMILES string of the molecule is Cc1nc(C(F)(F)F)ccc1C(=O)N1CCNCC1c1cccc(F)c1.Cl. The summed E-state index contributed by atoms with van der Waals surface area (Å²) in [5.41, 5.74) is -0.278. The molecule has 0 saturated carbocycles. The van der Waals surface area contributed by atoms with Crippen molar-refractivity contribution in [1.29, 1.82) is 0 Å². The zero-order chi connectivity index (χ0) is 18.9. The first kappa shape index (κ1) is 21.1. The van der Waals surface area contributed by atoms with E-state index in [1.54, 1.807) is 17.0 Å². The van der Waals surface area contributed by atoms with Gasteiger partial charge < -0.3 is 10.2 Å². The van der Waals surface area contributed by atoms with Crippen molar-refractivity contribution in [2.24, 2.45) is 0 Å². The number of benzene rings is 1. The number of piperazine rings is 1. The zero-order valence-electron chi connectivity index (χ0n) is 14.4. The molecule has 146 valence electrons. The van der Waals surface area contributed by atoms with Gasteiger partial charge in [0.2, 0.25) is 0 Å². The fourth-order valence-corrected chi connectivity index (χ4v) is 3.06. The maximum atomic E-state index is 13.6. The van der Waals surface area contributed by atoms with Crippen molar-refractivity contribution in [2.75, 3.05) is 19.6 Å². The van der Waals surface area contributed by atoms with E-state index in [1.807, 2.05) is 0 Å². The molecule has 1 atom stereocenters. The van der Waals surface area contributed by atoms with Crippen molar-refractivity contribution in [3.8, 4) is 0 Å². The summed E-state index contributed by atoms with van der Waals surface area (Å²) in [6.45, 7) is 2.72. The van der Waals surface area contributed by atoms with Crippen LogP contribution in [0, 0.1) is 12.7 Å². The Morgan fingerprint density at radius 3 is 2.63 bits per heavy atom. The van der Waals surface area contributed by atoms with Crippen LogP contribution in [0.4, 0.5) is 17.6 Å². The number of aryl methyl sites for hydroxylation is 1. The number of pyridine rings is 1. The van der Waals surface area contributed by atoms with Crippen LogP contribution in [-0.4, -0.2) is 35.4 Å². The molecule has 1 unspecified atom stereocenters. The molecular weight excluding hydrogens is 386 g/mol. The molecule has 2 aromatic rings. The highest BCUT2D eigenvalue weighted by atomic mass is 35.5. The van der Waals surface area contributed by atoms with Crippen LogP contribution in [0.15, 0.2) is 36.4 Å². The highest BCUT2D eigenvalue weighted by molar-refractivity contribution is 5.95. The van der Waals surface area contributed by atoms with E-state index in [0.717, 1.165) is 12.1 Å².